The largest absolute Gasteiger partial charge is 0.392 e. The van der Waals surface area contributed by atoms with Crippen LogP contribution in [0.4, 0.5) is 5.69 Å². The van der Waals surface area contributed by atoms with Crippen molar-refractivity contribution in [2.45, 2.75) is 26.6 Å². The van der Waals surface area contributed by atoms with Crippen LogP contribution in [0.3, 0.4) is 0 Å². The van der Waals surface area contributed by atoms with Gasteiger partial charge in [0.2, 0.25) is 5.91 Å². The molecule has 1 amide bonds. The van der Waals surface area contributed by atoms with Gasteiger partial charge in [0.1, 0.15) is 0 Å². The number of rotatable bonds is 6. The van der Waals surface area contributed by atoms with Crippen LogP contribution < -0.4 is 10.6 Å². The standard InChI is InChI=1S/C20H21N3O2/c1-14(25)22-18-7-8-20-17(10-18)5-6-19(23-20)12-21-11-15-3-2-4-16(9-15)13-24/h2-10,21,24H,11-13H2,1H3,(H,22,25). The van der Waals surface area contributed by atoms with Gasteiger partial charge in [-0.05, 0) is 35.4 Å². The van der Waals surface area contributed by atoms with Crippen LogP contribution in [-0.2, 0) is 24.5 Å². The third kappa shape index (κ3) is 4.62. The number of aliphatic hydroxyl groups excluding tert-OH is 1. The van der Waals surface area contributed by atoms with E-state index >= 15 is 0 Å². The molecule has 0 atom stereocenters. The van der Waals surface area contributed by atoms with E-state index in [-0.39, 0.29) is 12.5 Å². The third-order valence-electron chi connectivity index (χ3n) is 3.88. The molecule has 3 N–H and O–H groups in total. The number of hydrogen-bond donors (Lipinski definition) is 3. The Morgan fingerprint density at radius 3 is 2.68 bits per heavy atom. The first kappa shape index (κ1) is 17.1. The Morgan fingerprint density at radius 2 is 1.88 bits per heavy atom. The molecule has 5 nitrogen and oxygen atoms in total. The summed E-state index contributed by atoms with van der Waals surface area (Å²) in [6, 6.07) is 17.6. The van der Waals surface area contributed by atoms with Gasteiger partial charge < -0.3 is 15.7 Å². The summed E-state index contributed by atoms with van der Waals surface area (Å²) in [5.41, 5.74) is 4.68. The van der Waals surface area contributed by atoms with Gasteiger partial charge in [-0.15, -0.1) is 0 Å². The molecule has 0 radical (unpaired) electrons. The number of fused-ring (bicyclic) bond motifs is 1. The fourth-order valence-corrected chi connectivity index (χ4v) is 2.72. The van der Waals surface area contributed by atoms with Gasteiger partial charge in [0.05, 0.1) is 17.8 Å². The van der Waals surface area contributed by atoms with Crippen molar-refractivity contribution in [1.29, 1.82) is 0 Å². The van der Waals surface area contributed by atoms with E-state index in [1.165, 1.54) is 6.92 Å². The second kappa shape index (κ2) is 7.88. The van der Waals surface area contributed by atoms with E-state index in [4.69, 9.17) is 0 Å². The first-order valence-corrected chi connectivity index (χ1v) is 8.21. The quantitative estimate of drug-likeness (QED) is 0.647. The molecule has 1 heterocycles. The van der Waals surface area contributed by atoms with Gasteiger partial charge in [0.15, 0.2) is 0 Å². The number of anilines is 1. The number of hydrogen-bond acceptors (Lipinski definition) is 4. The molecule has 0 bridgehead atoms. The number of benzene rings is 2. The number of nitrogens with zero attached hydrogens (tertiary/aromatic N) is 1. The van der Waals surface area contributed by atoms with E-state index in [0.29, 0.717) is 6.54 Å². The molecule has 5 heteroatoms. The van der Waals surface area contributed by atoms with Gasteiger partial charge in [0.25, 0.3) is 0 Å². The summed E-state index contributed by atoms with van der Waals surface area (Å²) in [4.78, 5) is 15.8. The highest BCUT2D eigenvalue weighted by molar-refractivity contribution is 5.92. The topological polar surface area (TPSA) is 74.2 Å². The Balaban J connectivity index is 1.64. The summed E-state index contributed by atoms with van der Waals surface area (Å²) >= 11 is 0. The molecular weight excluding hydrogens is 314 g/mol. The van der Waals surface area contributed by atoms with Gasteiger partial charge >= 0.3 is 0 Å². The molecule has 25 heavy (non-hydrogen) atoms. The number of amides is 1. The number of carbonyl (C=O) groups excluding carboxylic acids is 1. The van der Waals surface area contributed by atoms with Crippen LogP contribution in [0.1, 0.15) is 23.7 Å². The van der Waals surface area contributed by atoms with E-state index in [1.54, 1.807) is 0 Å². The Hall–Kier alpha value is -2.76. The van der Waals surface area contributed by atoms with E-state index in [2.05, 4.69) is 15.6 Å². The minimum Gasteiger partial charge on any atom is -0.392 e. The molecule has 3 rings (SSSR count). The molecule has 3 aromatic rings. The Morgan fingerprint density at radius 1 is 1.04 bits per heavy atom. The molecule has 128 valence electrons. The first-order chi connectivity index (χ1) is 12.1. The SMILES string of the molecule is CC(=O)Nc1ccc2nc(CNCc3cccc(CO)c3)ccc2c1. The van der Waals surface area contributed by atoms with E-state index in [1.807, 2.05) is 54.6 Å². The van der Waals surface area contributed by atoms with Crippen molar-refractivity contribution < 1.29 is 9.90 Å². The molecule has 0 spiro atoms. The Labute approximate surface area is 146 Å². The minimum absolute atomic E-state index is 0.0561. The second-order valence-electron chi connectivity index (χ2n) is 5.97. The van der Waals surface area contributed by atoms with Crippen LogP contribution in [0, 0.1) is 0 Å². The van der Waals surface area contributed by atoms with Crippen molar-refractivity contribution in [2.24, 2.45) is 0 Å². The summed E-state index contributed by atoms with van der Waals surface area (Å²) in [6.45, 7) is 2.93. The fourth-order valence-electron chi connectivity index (χ4n) is 2.72. The lowest BCUT2D eigenvalue weighted by atomic mass is 10.1. The number of carbonyl (C=O) groups is 1. The molecule has 2 aromatic carbocycles. The number of pyridine rings is 1. The lowest BCUT2D eigenvalue weighted by molar-refractivity contribution is -0.114. The average molecular weight is 335 g/mol. The molecule has 0 saturated carbocycles. The third-order valence-corrected chi connectivity index (χ3v) is 3.88. The zero-order valence-corrected chi connectivity index (χ0v) is 14.1. The summed E-state index contributed by atoms with van der Waals surface area (Å²) in [5, 5.41) is 16.3. The molecule has 0 aliphatic heterocycles. The van der Waals surface area contributed by atoms with Crippen LogP contribution in [0.15, 0.2) is 54.6 Å². The smallest absolute Gasteiger partial charge is 0.221 e. The van der Waals surface area contributed by atoms with E-state index in [9.17, 15) is 9.90 Å². The van der Waals surface area contributed by atoms with Gasteiger partial charge in [-0.25, -0.2) is 0 Å². The molecule has 0 unspecified atom stereocenters. The fraction of sp³-hybridized carbons (Fsp3) is 0.200. The number of nitrogens with one attached hydrogen (secondary N) is 2. The molecule has 0 saturated heterocycles. The Kier molecular flexibility index (Phi) is 5.38. The summed E-state index contributed by atoms with van der Waals surface area (Å²) < 4.78 is 0. The predicted octanol–water partition coefficient (Wildman–Crippen LogP) is 2.98. The average Bonchev–Trinajstić information content (AvgIpc) is 2.61. The highest BCUT2D eigenvalue weighted by atomic mass is 16.3. The molecular formula is C20H21N3O2. The highest BCUT2D eigenvalue weighted by Gasteiger charge is 2.02. The van der Waals surface area contributed by atoms with Gasteiger partial charge in [-0.2, -0.15) is 0 Å². The van der Waals surface area contributed by atoms with Crippen LogP contribution in [0.25, 0.3) is 10.9 Å². The molecule has 0 aliphatic carbocycles. The van der Waals surface area contributed by atoms with Crippen molar-refractivity contribution in [2.75, 3.05) is 5.32 Å². The summed E-state index contributed by atoms with van der Waals surface area (Å²) in [7, 11) is 0. The predicted molar refractivity (Wildman–Crippen MR) is 99.0 cm³/mol. The van der Waals surface area contributed by atoms with Crippen molar-refractivity contribution in [3.05, 3.63) is 71.4 Å². The van der Waals surface area contributed by atoms with Gasteiger partial charge in [-0.1, -0.05) is 30.3 Å². The maximum atomic E-state index is 11.1. The highest BCUT2D eigenvalue weighted by Crippen LogP contribution is 2.18. The van der Waals surface area contributed by atoms with Crippen molar-refractivity contribution in [1.82, 2.24) is 10.3 Å². The molecule has 0 fully saturated rings. The van der Waals surface area contributed by atoms with E-state index < -0.39 is 0 Å². The van der Waals surface area contributed by atoms with Crippen LogP contribution in [-0.4, -0.2) is 16.0 Å². The molecule has 1 aromatic heterocycles. The maximum Gasteiger partial charge on any atom is 0.221 e. The second-order valence-corrected chi connectivity index (χ2v) is 5.97. The Bertz CT molecular complexity index is 893. The zero-order chi connectivity index (χ0) is 17.6. The lowest BCUT2D eigenvalue weighted by Crippen LogP contribution is -2.13. The normalized spacial score (nSPS) is 10.8. The zero-order valence-electron chi connectivity index (χ0n) is 14.1. The van der Waals surface area contributed by atoms with Crippen LogP contribution in [0.2, 0.25) is 0 Å². The number of aliphatic hydroxyl groups is 1. The van der Waals surface area contributed by atoms with E-state index in [0.717, 1.165) is 40.0 Å². The number of aromatic nitrogens is 1. The minimum atomic E-state index is -0.0848. The summed E-state index contributed by atoms with van der Waals surface area (Å²) in [5.74, 6) is -0.0848. The van der Waals surface area contributed by atoms with Gasteiger partial charge in [-0.3, -0.25) is 9.78 Å². The summed E-state index contributed by atoms with van der Waals surface area (Å²) in [6.07, 6.45) is 0. The monoisotopic (exact) mass is 335 g/mol. The van der Waals surface area contributed by atoms with Crippen LogP contribution >= 0.6 is 0 Å². The van der Waals surface area contributed by atoms with Crippen molar-refractivity contribution in [3.8, 4) is 0 Å². The van der Waals surface area contributed by atoms with Gasteiger partial charge in [0, 0.05) is 31.1 Å². The molecule has 0 aliphatic rings. The van der Waals surface area contributed by atoms with Crippen LogP contribution in [0.5, 0.6) is 0 Å². The van der Waals surface area contributed by atoms with Crippen molar-refractivity contribution >= 4 is 22.5 Å². The first-order valence-electron chi connectivity index (χ1n) is 8.21. The lowest BCUT2D eigenvalue weighted by Gasteiger charge is -2.08. The van der Waals surface area contributed by atoms with Crippen molar-refractivity contribution in [3.63, 3.8) is 0 Å². The maximum absolute atomic E-state index is 11.1.